The molecular formula is C11H15NO4. The van der Waals surface area contributed by atoms with Gasteiger partial charge in [-0.2, -0.15) is 0 Å². The Hall–Kier alpha value is -1.65. The first-order chi connectivity index (χ1) is 7.52. The second-order valence-corrected chi connectivity index (χ2v) is 3.84. The van der Waals surface area contributed by atoms with Crippen LogP contribution in [0.5, 0.6) is 0 Å². The normalized spacial score (nSPS) is 15.1. The van der Waals surface area contributed by atoms with Crippen LogP contribution in [0.2, 0.25) is 0 Å². The highest BCUT2D eigenvalue weighted by Crippen LogP contribution is 2.04. The second-order valence-electron chi connectivity index (χ2n) is 3.84. The van der Waals surface area contributed by atoms with E-state index in [4.69, 9.17) is 4.74 Å². The Balaban J connectivity index is 2.19. The SMILES string of the molecule is CC(C)C(=O)OCCCN1C(=O)C=CC1=O. The van der Waals surface area contributed by atoms with E-state index in [1.165, 1.54) is 12.2 Å². The van der Waals surface area contributed by atoms with Gasteiger partial charge in [-0.15, -0.1) is 0 Å². The van der Waals surface area contributed by atoms with Crippen LogP contribution in [0.25, 0.3) is 0 Å². The van der Waals surface area contributed by atoms with Gasteiger partial charge in [0.25, 0.3) is 11.8 Å². The highest BCUT2D eigenvalue weighted by atomic mass is 16.5. The molecule has 0 bridgehead atoms. The summed E-state index contributed by atoms with van der Waals surface area (Å²) in [7, 11) is 0. The van der Waals surface area contributed by atoms with Crippen LogP contribution < -0.4 is 0 Å². The molecule has 0 unspecified atom stereocenters. The number of hydrogen-bond donors (Lipinski definition) is 0. The highest BCUT2D eigenvalue weighted by Gasteiger charge is 2.22. The predicted molar refractivity (Wildman–Crippen MR) is 56.3 cm³/mol. The van der Waals surface area contributed by atoms with Gasteiger partial charge >= 0.3 is 5.97 Å². The molecule has 0 saturated heterocycles. The summed E-state index contributed by atoms with van der Waals surface area (Å²) in [6.45, 7) is 4.02. The summed E-state index contributed by atoms with van der Waals surface area (Å²) in [5.41, 5.74) is 0. The van der Waals surface area contributed by atoms with Gasteiger partial charge in [-0.3, -0.25) is 19.3 Å². The molecule has 0 aliphatic carbocycles. The molecule has 1 rings (SSSR count). The van der Waals surface area contributed by atoms with Gasteiger partial charge in [-0.1, -0.05) is 13.8 Å². The van der Waals surface area contributed by atoms with Gasteiger partial charge in [0.1, 0.15) is 0 Å². The summed E-state index contributed by atoms with van der Waals surface area (Å²) in [5, 5.41) is 0. The number of hydrogen-bond acceptors (Lipinski definition) is 4. The van der Waals surface area contributed by atoms with Gasteiger partial charge in [0.05, 0.1) is 12.5 Å². The number of amides is 2. The van der Waals surface area contributed by atoms with E-state index in [-0.39, 0.29) is 36.9 Å². The lowest BCUT2D eigenvalue weighted by atomic mass is 10.2. The number of imide groups is 1. The van der Waals surface area contributed by atoms with Crippen molar-refractivity contribution in [2.75, 3.05) is 13.2 Å². The van der Waals surface area contributed by atoms with Crippen molar-refractivity contribution in [3.05, 3.63) is 12.2 Å². The lowest BCUT2D eigenvalue weighted by molar-refractivity contribution is -0.147. The highest BCUT2D eigenvalue weighted by molar-refractivity contribution is 6.12. The zero-order valence-corrected chi connectivity index (χ0v) is 9.43. The molecule has 1 heterocycles. The van der Waals surface area contributed by atoms with E-state index < -0.39 is 0 Å². The number of rotatable bonds is 5. The number of ether oxygens (including phenoxy) is 1. The zero-order chi connectivity index (χ0) is 12.1. The summed E-state index contributed by atoms with van der Waals surface area (Å²) in [6.07, 6.45) is 2.95. The van der Waals surface area contributed by atoms with Crippen LogP contribution >= 0.6 is 0 Å². The average molecular weight is 225 g/mol. The van der Waals surface area contributed by atoms with Gasteiger partial charge < -0.3 is 4.74 Å². The van der Waals surface area contributed by atoms with Crippen LogP contribution in [-0.4, -0.2) is 35.8 Å². The maximum absolute atomic E-state index is 11.1. The molecule has 0 aromatic rings. The number of esters is 1. The Morgan fingerprint density at radius 1 is 1.31 bits per heavy atom. The smallest absolute Gasteiger partial charge is 0.308 e. The number of carbonyl (C=O) groups is 3. The van der Waals surface area contributed by atoms with Crippen molar-refractivity contribution >= 4 is 17.8 Å². The van der Waals surface area contributed by atoms with E-state index in [1.807, 2.05) is 0 Å². The van der Waals surface area contributed by atoms with Gasteiger partial charge in [-0.05, 0) is 6.42 Å². The quantitative estimate of drug-likeness (QED) is 0.388. The molecular weight excluding hydrogens is 210 g/mol. The standard InChI is InChI=1S/C11H15NO4/c1-8(2)11(15)16-7-3-6-12-9(13)4-5-10(12)14/h4-5,8H,3,6-7H2,1-2H3. The predicted octanol–water partition coefficient (Wildman–Crippen LogP) is 0.501. The van der Waals surface area contributed by atoms with Gasteiger partial charge in [-0.25, -0.2) is 0 Å². The Morgan fingerprint density at radius 3 is 2.38 bits per heavy atom. The Bertz CT molecular complexity index is 315. The summed E-state index contributed by atoms with van der Waals surface area (Å²) in [4.78, 5) is 34.5. The average Bonchev–Trinajstić information content (AvgIpc) is 2.54. The molecule has 0 atom stereocenters. The first-order valence-electron chi connectivity index (χ1n) is 5.22. The fourth-order valence-electron chi connectivity index (χ4n) is 1.21. The van der Waals surface area contributed by atoms with E-state index in [2.05, 4.69) is 0 Å². The number of carbonyl (C=O) groups excluding carboxylic acids is 3. The van der Waals surface area contributed by atoms with Gasteiger partial charge in [0.2, 0.25) is 0 Å². The lowest BCUT2D eigenvalue weighted by Crippen LogP contribution is -2.31. The van der Waals surface area contributed by atoms with E-state index in [1.54, 1.807) is 13.8 Å². The summed E-state index contributed by atoms with van der Waals surface area (Å²) in [5.74, 6) is -1.03. The van der Waals surface area contributed by atoms with Crippen LogP contribution in [0, 0.1) is 5.92 Å². The summed E-state index contributed by atoms with van der Waals surface area (Å²) in [6, 6.07) is 0. The zero-order valence-electron chi connectivity index (χ0n) is 9.43. The van der Waals surface area contributed by atoms with Crippen LogP contribution in [0.15, 0.2) is 12.2 Å². The fraction of sp³-hybridized carbons (Fsp3) is 0.545. The molecule has 0 fully saturated rings. The lowest BCUT2D eigenvalue weighted by Gasteiger charge is -2.13. The molecule has 0 spiro atoms. The topological polar surface area (TPSA) is 63.7 Å². The molecule has 1 aliphatic rings. The van der Waals surface area contributed by atoms with Crippen LogP contribution in [0.4, 0.5) is 0 Å². The van der Waals surface area contributed by atoms with Crippen molar-refractivity contribution in [1.29, 1.82) is 0 Å². The third-order valence-corrected chi connectivity index (χ3v) is 2.14. The maximum atomic E-state index is 11.1. The van der Waals surface area contributed by atoms with Gasteiger partial charge in [0.15, 0.2) is 0 Å². The molecule has 5 nitrogen and oxygen atoms in total. The Morgan fingerprint density at radius 2 is 1.88 bits per heavy atom. The Labute approximate surface area is 94.1 Å². The molecule has 88 valence electrons. The van der Waals surface area contributed by atoms with E-state index in [0.29, 0.717) is 6.42 Å². The van der Waals surface area contributed by atoms with Crippen LogP contribution in [0.3, 0.4) is 0 Å². The van der Waals surface area contributed by atoms with Crippen molar-refractivity contribution < 1.29 is 19.1 Å². The van der Waals surface area contributed by atoms with Crippen molar-refractivity contribution in [2.45, 2.75) is 20.3 Å². The molecule has 0 aromatic carbocycles. The second kappa shape index (κ2) is 5.44. The van der Waals surface area contributed by atoms with E-state index in [0.717, 1.165) is 4.90 Å². The molecule has 0 aromatic heterocycles. The van der Waals surface area contributed by atoms with Gasteiger partial charge in [0, 0.05) is 18.7 Å². The minimum absolute atomic E-state index is 0.156. The van der Waals surface area contributed by atoms with Crippen LogP contribution in [0.1, 0.15) is 20.3 Å². The van der Waals surface area contributed by atoms with E-state index in [9.17, 15) is 14.4 Å². The van der Waals surface area contributed by atoms with Crippen molar-refractivity contribution in [1.82, 2.24) is 4.90 Å². The fourth-order valence-corrected chi connectivity index (χ4v) is 1.21. The molecule has 0 N–H and O–H groups in total. The minimum Gasteiger partial charge on any atom is -0.465 e. The maximum Gasteiger partial charge on any atom is 0.308 e. The number of nitrogens with zero attached hydrogens (tertiary/aromatic N) is 1. The monoisotopic (exact) mass is 225 g/mol. The summed E-state index contributed by atoms with van der Waals surface area (Å²) >= 11 is 0. The summed E-state index contributed by atoms with van der Waals surface area (Å²) < 4.78 is 4.93. The van der Waals surface area contributed by atoms with Crippen LogP contribution in [-0.2, 0) is 19.1 Å². The van der Waals surface area contributed by atoms with Crippen molar-refractivity contribution in [3.63, 3.8) is 0 Å². The minimum atomic E-state index is -0.305. The Kier molecular flexibility index (Phi) is 4.22. The third kappa shape index (κ3) is 3.18. The first-order valence-corrected chi connectivity index (χ1v) is 5.22. The third-order valence-electron chi connectivity index (χ3n) is 2.14. The largest absolute Gasteiger partial charge is 0.465 e. The first kappa shape index (κ1) is 12.4. The molecule has 2 amide bonds. The molecule has 5 heteroatoms. The molecule has 0 radical (unpaired) electrons. The molecule has 0 saturated carbocycles. The molecule has 1 aliphatic heterocycles. The van der Waals surface area contributed by atoms with Crippen molar-refractivity contribution in [2.24, 2.45) is 5.92 Å². The molecule has 16 heavy (non-hydrogen) atoms. The van der Waals surface area contributed by atoms with Crippen molar-refractivity contribution in [3.8, 4) is 0 Å². The van der Waals surface area contributed by atoms with E-state index >= 15 is 0 Å².